The van der Waals surface area contributed by atoms with E-state index in [4.69, 9.17) is 16.3 Å². The maximum atomic E-state index is 13.0. The lowest BCUT2D eigenvalue weighted by Gasteiger charge is -2.27. The van der Waals surface area contributed by atoms with Gasteiger partial charge in [-0.15, -0.1) is 37.2 Å². The Morgan fingerprint density at radius 1 is 1.06 bits per heavy atom. The van der Waals surface area contributed by atoms with Gasteiger partial charge in [0.2, 0.25) is 0 Å². The predicted octanol–water partition coefficient (Wildman–Crippen LogP) is 5.86. The fraction of sp³-hybridized carbons (Fsp3) is 0.381. The van der Waals surface area contributed by atoms with Crippen LogP contribution in [0.25, 0.3) is 0 Å². The Labute approximate surface area is 220 Å². The molecule has 0 aromatic heterocycles. The van der Waals surface area contributed by atoms with Gasteiger partial charge >= 0.3 is 12.2 Å². The van der Waals surface area contributed by atoms with Crippen LogP contribution in [0.1, 0.15) is 11.1 Å². The maximum absolute atomic E-state index is 13.0. The van der Waals surface area contributed by atoms with E-state index < -0.39 is 22.8 Å². The quantitative estimate of drug-likeness (QED) is 0.410. The molecular weight excluding hydrogens is 539 g/mol. The highest BCUT2D eigenvalue weighted by Gasteiger charge is 2.33. The summed E-state index contributed by atoms with van der Waals surface area (Å²) in [5.74, 6) is 0.638. The van der Waals surface area contributed by atoms with Crippen molar-refractivity contribution < 1.29 is 22.7 Å². The van der Waals surface area contributed by atoms with Gasteiger partial charge in [0.25, 0.3) is 0 Å². The fourth-order valence-electron chi connectivity index (χ4n) is 3.17. The average molecular weight is 566 g/mol. The molecule has 0 spiro atoms. The van der Waals surface area contributed by atoms with Crippen molar-refractivity contribution in [2.45, 2.75) is 13.1 Å². The molecule has 3 N–H and O–H groups in total. The van der Waals surface area contributed by atoms with Gasteiger partial charge in [-0.25, -0.2) is 4.79 Å². The van der Waals surface area contributed by atoms with E-state index in [0.717, 1.165) is 50.4 Å². The molecule has 0 radical (unpaired) electrons. The molecule has 34 heavy (non-hydrogen) atoms. The molecule has 3 rings (SSSR count). The van der Waals surface area contributed by atoms with Gasteiger partial charge < -0.3 is 20.7 Å². The lowest BCUT2D eigenvalue weighted by Crippen LogP contribution is -2.44. The Balaban J connectivity index is 0.00000363. The van der Waals surface area contributed by atoms with Crippen molar-refractivity contribution in [3.05, 3.63) is 52.5 Å². The molecule has 2 aromatic carbocycles. The summed E-state index contributed by atoms with van der Waals surface area (Å²) in [6.45, 7) is 7.10. The van der Waals surface area contributed by atoms with Crippen molar-refractivity contribution in [2.24, 2.45) is 0 Å². The lowest BCUT2D eigenvalue weighted by molar-refractivity contribution is -0.137. The summed E-state index contributed by atoms with van der Waals surface area (Å²) in [6.07, 6.45) is -4.61. The third kappa shape index (κ3) is 9.56. The van der Waals surface area contributed by atoms with Crippen LogP contribution in [0.5, 0.6) is 5.75 Å². The minimum Gasteiger partial charge on any atom is -0.492 e. The second kappa shape index (κ2) is 14.7. The van der Waals surface area contributed by atoms with E-state index in [2.05, 4.69) is 20.9 Å². The molecule has 0 unspecified atom stereocenters. The Morgan fingerprint density at radius 2 is 1.65 bits per heavy atom. The van der Waals surface area contributed by atoms with Crippen molar-refractivity contribution in [1.29, 1.82) is 0 Å². The molecule has 1 aliphatic rings. The summed E-state index contributed by atoms with van der Waals surface area (Å²) in [7, 11) is 0. The summed E-state index contributed by atoms with van der Waals surface area (Å²) in [6, 6.07) is 7.71. The number of anilines is 2. The Hall–Kier alpha value is -1.62. The van der Waals surface area contributed by atoms with E-state index in [-0.39, 0.29) is 42.9 Å². The van der Waals surface area contributed by atoms with Crippen LogP contribution in [0.2, 0.25) is 5.02 Å². The Kier molecular flexibility index (Phi) is 14.0. The number of hydrogen-bond acceptors (Lipinski definition) is 4. The zero-order valence-corrected chi connectivity index (χ0v) is 21.4. The van der Waals surface area contributed by atoms with Crippen LogP contribution in [-0.4, -0.2) is 50.3 Å². The van der Waals surface area contributed by atoms with E-state index in [1.807, 2.05) is 6.92 Å². The SMILES string of the molecule is Cc1ccc(NC(=O)Nc2ccc(Cl)c(C(F)(F)F)c2)cc1OCCN1CCNCC1.Cl.Cl.Cl. The highest BCUT2D eigenvalue weighted by molar-refractivity contribution is 6.31. The molecule has 2 amide bonds. The molecular formula is C21H27Cl4F3N4O2. The highest BCUT2D eigenvalue weighted by atomic mass is 35.5. The summed E-state index contributed by atoms with van der Waals surface area (Å²) < 4.78 is 44.8. The molecule has 1 saturated heterocycles. The number of aryl methyl sites for hydroxylation is 1. The third-order valence-electron chi connectivity index (χ3n) is 4.85. The molecule has 0 atom stereocenters. The minimum atomic E-state index is -4.61. The maximum Gasteiger partial charge on any atom is 0.417 e. The fourth-order valence-corrected chi connectivity index (χ4v) is 3.39. The van der Waals surface area contributed by atoms with Crippen LogP contribution in [0.4, 0.5) is 29.3 Å². The molecule has 1 fully saturated rings. The number of nitrogens with zero attached hydrogens (tertiary/aromatic N) is 1. The van der Waals surface area contributed by atoms with Crippen LogP contribution in [-0.2, 0) is 6.18 Å². The monoisotopic (exact) mass is 564 g/mol. The van der Waals surface area contributed by atoms with Crippen molar-refractivity contribution in [3.63, 3.8) is 0 Å². The minimum absolute atomic E-state index is 0. The van der Waals surface area contributed by atoms with Crippen LogP contribution in [0.3, 0.4) is 0 Å². The normalized spacial score (nSPS) is 13.6. The first-order chi connectivity index (χ1) is 14.7. The summed E-state index contributed by atoms with van der Waals surface area (Å²) in [5, 5.41) is 7.86. The van der Waals surface area contributed by atoms with Crippen molar-refractivity contribution in [1.82, 2.24) is 10.2 Å². The molecule has 192 valence electrons. The second-order valence-electron chi connectivity index (χ2n) is 7.19. The molecule has 2 aromatic rings. The first kappa shape index (κ1) is 32.4. The van der Waals surface area contributed by atoms with Crippen LogP contribution >= 0.6 is 48.8 Å². The highest BCUT2D eigenvalue weighted by Crippen LogP contribution is 2.36. The van der Waals surface area contributed by atoms with Crippen molar-refractivity contribution in [2.75, 3.05) is 50.0 Å². The summed E-state index contributed by atoms with van der Waals surface area (Å²) in [5.41, 5.74) is 0.348. The first-order valence-electron chi connectivity index (χ1n) is 9.83. The van der Waals surface area contributed by atoms with Crippen LogP contribution in [0, 0.1) is 6.92 Å². The standard InChI is InChI=1S/C21H24ClF3N4O2.3ClH/c1-14-2-3-16(13-19(14)31-11-10-29-8-6-26-7-9-29)28-20(30)27-15-4-5-18(22)17(12-15)21(23,24)25;;;/h2-5,12-13,26H,6-11H2,1H3,(H2,27,28,30);3*1H. The number of hydrogen-bond donors (Lipinski definition) is 3. The van der Waals surface area contributed by atoms with E-state index >= 15 is 0 Å². The number of ether oxygens (including phenoxy) is 1. The van der Waals surface area contributed by atoms with Crippen LogP contribution in [0.15, 0.2) is 36.4 Å². The molecule has 1 aliphatic heterocycles. The third-order valence-corrected chi connectivity index (χ3v) is 5.18. The molecule has 6 nitrogen and oxygen atoms in total. The van der Waals surface area contributed by atoms with Gasteiger partial charge in [-0.05, 0) is 36.8 Å². The first-order valence-corrected chi connectivity index (χ1v) is 10.2. The number of piperazine rings is 1. The van der Waals surface area contributed by atoms with Gasteiger partial charge in [-0.3, -0.25) is 4.90 Å². The van der Waals surface area contributed by atoms with Crippen molar-refractivity contribution >= 4 is 66.2 Å². The number of benzene rings is 2. The molecule has 1 heterocycles. The number of urea groups is 1. The second-order valence-corrected chi connectivity index (χ2v) is 7.60. The van der Waals surface area contributed by atoms with Gasteiger partial charge in [0.05, 0.1) is 10.6 Å². The number of alkyl halides is 3. The number of amides is 2. The number of carbonyl (C=O) groups excluding carboxylic acids is 1. The lowest BCUT2D eigenvalue weighted by atomic mass is 10.2. The average Bonchev–Trinajstić information content (AvgIpc) is 2.71. The number of halogens is 7. The van der Waals surface area contributed by atoms with Gasteiger partial charge in [0.1, 0.15) is 12.4 Å². The van der Waals surface area contributed by atoms with Crippen molar-refractivity contribution in [3.8, 4) is 5.75 Å². The Bertz CT molecular complexity index is 929. The van der Waals surface area contributed by atoms with E-state index in [1.165, 1.54) is 6.07 Å². The predicted molar refractivity (Wildman–Crippen MR) is 137 cm³/mol. The number of rotatable bonds is 6. The molecule has 0 bridgehead atoms. The van der Waals surface area contributed by atoms with Gasteiger partial charge in [-0.2, -0.15) is 13.2 Å². The number of nitrogens with one attached hydrogen (secondary N) is 3. The zero-order chi connectivity index (χ0) is 22.4. The number of carbonyl (C=O) groups is 1. The zero-order valence-electron chi connectivity index (χ0n) is 18.2. The topological polar surface area (TPSA) is 65.6 Å². The van der Waals surface area contributed by atoms with E-state index in [0.29, 0.717) is 18.0 Å². The van der Waals surface area contributed by atoms with Gasteiger partial charge in [0, 0.05) is 50.2 Å². The largest absolute Gasteiger partial charge is 0.492 e. The van der Waals surface area contributed by atoms with E-state index in [9.17, 15) is 18.0 Å². The summed E-state index contributed by atoms with van der Waals surface area (Å²) in [4.78, 5) is 14.6. The van der Waals surface area contributed by atoms with Crippen LogP contribution < -0.4 is 20.7 Å². The van der Waals surface area contributed by atoms with Gasteiger partial charge in [-0.1, -0.05) is 17.7 Å². The molecule has 0 saturated carbocycles. The smallest absolute Gasteiger partial charge is 0.417 e. The Morgan fingerprint density at radius 3 is 2.26 bits per heavy atom. The molecule has 13 heteroatoms. The molecule has 0 aliphatic carbocycles. The van der Waals surface area contributed by atoms with E-state index in [1.54, 1.807) is 18.2 Å². The van der Waals surface area contributed by atoms with Gasteiger partial charge in [0.15, 0.2) is 0 Å². The summed E-state index contributed by atoms with van der Waals surface area (Å²) >= 11 is 5.60.